The zero-order chi connectivity index (χ0) is 38.7. The van der Waals surface area contributed by atoms with E-state index in [4.69, 9.17) is 52.1 Å². The number of para-hydroxylation sites is 4. The van der Waals surface area contributed by atoms with Crippen molar-refractivity contribution in [2.45, 2.75) is 39.2 Å². The second kappa shape index (κ2) is 23.7. The summed E-state index contributed by atoms with van der Waals surface area (Å²) >= 11 is 6.41. The van der Waals surface area contributed by atoms with E-state index < -0.39 is 0 Å². The average Bonchev–Trinajstić information content (AvgIpc) is 3.21. The van der Waals surface area contributed by atoms with Crippen LogP contribution in [0.2, 0.25) is 0 Å². The molecule has 0 saturated carbocycles. The summed E-state index contributed by atoms with van der Waals surface area (Å²) in [6, 6.07) is 24.9. The quantitative estimate of drug-likeness (QED) is 0.149. The predicted octanol–water partition coefficient (Wildman–Crippen LogP) is 8.26. The molecule has 3 heterocycles. The molecule has 3 aliphatic heterocycles. The van der Waals surface area contributed by atoms with Crippen molar-refractivity contribution in [3.05, 3.63) is 72.8 Å². The first-order valence-corrected chi connectivity index (χ1v) is 22.4. The van der Waals surface area contributed by atoms with E-state index in [1.165, 1.54) is 0 Å². The van der Waals surface area contributed by atoms with Gasteiger partial charge < -0.3 is 52.1 Å². The van der Waals surface area contributed by atoms with Crippen LogP contribution in [0.15, 0.2) is 112 Å². The van der Waals surface area contributed by atoms with E-state index >= 15 is 0 Å². The van der Waals surface area contributed by atoms with Crippen molar-refractivity contribution in [1.82, 2.24) is 0 Å². The van der Waals surface area contributed by atoms with Crippen LogP contribution < -0.4 is 18.9 Å². The van der Waals surface area contributed by atoms with Gasteiger partial charge in [0.2, 0.25) is 0 Å². The Hall–Kier alpha value is -2.80. The Labute approximate surface area is 351 Å². The fourth-order valence-electron chi connectivity index (χ4n) is 5.78. The van der Waals surface area contributed by atoms with E-state index in [0.29, 0.717) is 119 Å². The topological polar surface area (TPSA) is 102 Å². The highest BCUT2D eigenvalue weighted by atomic mass is 32.2. The summed E-state index contributed by atoms with van der Waals surface area (Å²) in [6.07, 6.45) is 0. The molecule has 11 nitrogen and oxygen atoms in total. The van der Waals surface area contributed by atoms with Crippen molar-refractivity contribution in [2.75, 3.05) is 119 Å². The van der Waals surface area contributed by atoms with Crippen LogP contribution in [-0.2, 0) is 33.2 Å². The molecule has 0 saturated heterocycles. The minimum Gasteiger partial charge on any atom is -0.489 e. The molecule has 0 N–H and O–H groups in total. The molecule has 3 aliphatic rings. The third-order valence-corrected chi connectivity index (χ3v) is 12.7. The van der Waals surface area contributed by atoms with Crippen LogP contribution in [0.5, 0.6) is 23.0 Å². The number of rotatable bonds is 0. The standard InChI is InChI=1S/C42H48O11S4/c1-5-31-39-32(6-1)55-36-10-4-12-38-42(36)53-30-26-49-22-18-45-17-21-48-25-29-52-41-35(54-31)9-3-11-37(41)56-33-7-2-8-34(57-38)40(33)51-28-24-47-20-16-44-14-13-43-15-19-46-23-27-50-39/h1-12H,13-30H2. The second-order valence-corrected chi connectivity index (χ2v) is 16.8. The molecule has 0 atom stereocenters. The van der Waals surface area contributed by atoms with Gasteiger partial charge in [-0.3, -0.25) is 0 Å². The van der Waals surface area contributed by atoms with Crippen molar-refractivity contribution >= 4 is 47.0 Å². The first-order chi connectivity index (χ1) is 28.3. The summed E-state index contributed by atoms with van der Waals surface area (Å²) in [4.78, 5) is 7.53. The average molecular weight is 857 g/mol. The molecule has 4 aromatic rings. The van der Waals surface area contributed by atoms with Gasteiger partial charge in [-0.15, -0.1) is 0 Å². The number of benzene rings is 4. The third kappa shape index (κ3) is 12.8. The summed E-state index contributed by atoms with van der Waals surface area (Å²) in [6.45, 7) is 7.63. The van der Waals surface area contributed by atoms with E-state index in [-0.39, 0.29) is 0 Å². The van der Waals surface area contributed by atoms with Crippen molar-refractivity contribution in [1.29, 1.82) is 0 Å². The number of hydrogen-bond acceptors (Lipinski definition) is 15. The first kappa shape index (κ1) is 42.3. The second-order valence-electron chi connectivity index (χ2n) is 12.4. The summed E-state index contributed by atoms with van der Waals surface area (Å²) in [5.74, 6) is 3.02. The van der Waals surface area contributed by atoms with Gasteiger partial charge >= 0.3 is 0 Å². The van der Waals surface area contributed by atoms with E-state index in [9.17, 15) is 0 Å². The molecule has 57 heavy (non-hydrogen) atoms. The zero-order valence-corrected chi connectivity index (χ0v) is 35.0. The van der Waals surface area contributed by atoms with Crippen molar-refractivity contribution in [3.8, 4) is 23.0 Å². The van der Waals surface area contributed by atoms with Crippen LogP contribution in [0, 0.1) is 0 Å². The maximum Gasteiger partial charge on any atom is 0.147 e. The molecule has 15 heteroatoms. The summed E-state index contributed by atoms with van der Waals surface area (Å²) < 4.78 is 67.3. The molecule has 0 fully saturated rings. The fourth-order valence-corrected chi connectivity index (χ4v) is 10.3. The van der Waals surface area contributed by atoms with Gasteiger partial charge in [0.05, 0.1) is 132 Å². The largest absolute Gasteiger partial charge is 0.489 e. The van der Waals surface area contributed by atoms with Crippen LogP contribution in [0.1, 0.15) is 0 Å². The minimum absolute atomic E-state index is 0.350. The van der Waals surface area contributed by atoms with E-state index in [0.717, 1.165) is 62.2 Å². The minimum atomic E-state index is 0.350. The smallest absolute Gasteiger partial charge is 0.147 e. The molecule has 0 aromatic heterocycles. The highest BCUT2D eigenvalue weighted by Crippen LogP contribution is 2.53. The third-order valence-electron chi connectivity index (χ3n) is 8.41. The zero-order valence-electron chi connectivity index (χ0n) is 31.8. The lowest BCUT2D eigenvalue weighted by Gasteiger charge is -2.22. The maximum atomic E-state index is 6.64. The molecule has 0 radical (unpaired) electrons. The van der Waals surface area contributed by atoms with E-state index in [1.54, 1.807) is 47.0 Å². The van der Waals surface area contributed by atoms with Crippen LogP contribution >= 0.6 is 47.0 Å². The van der Waals surface area contributed by atoms with E-state index in [1.807, 2.05) is 0 Å². The number of hydrogen-bond donors (Lipinski definition) is 0. The van der Waals surface area contributed by atoms with Crippen molar-refractivity contribution in [3.63, 3.8) is 0 Å². The van der Waals surface area contributed by atoms with E-state index in [2.05, 4.69) is 72.8 Å². The van der Waals surface area contributed by atoms with Crippen LogP contribution in [-0.4, -0.2) is 119 Å². The van der Waals surface area contributed by atoms with Gasteiger partial charge in [-0.2, -0.15) is 0 Å². The molecule has 0 aliphatic carbocycles. The molecule has 0 spiro atoms. The van der Waals surface area contributed by atoms with Crippen LogP contribution in [0.25, 0.3) is 0 Å². The van der Waals surface area contributed by atoms with Gasteiger partial charge in [0.1, 0.15) is 49.4 Å². The molecule has 7 rings (SSSR count). The maximum absolute atomic E-state index is 6.64. The lowest BCUT2D eigenvalue weighted by atomic mass is 10.3. The predicted molar refractivity (Wildman–Crippen MR) is 220 cm³/mol. The molecular formula is C42H48O11S4. The Morgan fingerprint density at radius 1 is 0.228 bits per heavy atom. The highest BCUT2D eigenvalue weighted by Gasteiger charge is 2.23. The SMILES string of the molecule is c1cc2c3c(c1)Sc1cccc4c1OCCOCCOCCOCCOc1c(cccc1Sc1cccc(c1OCCOCCOCCOCCOCCO3)S4)S2. The molecular weight excluding hydrogens is 809 g/mol. The van der Waals surface area contributed by atoms with Crippen LogP contribution in [0.4, 0.5) is 0 Å². The molecule has 0 amide bonds. The van der Waals surface area contributed by atoms with Crippen LogP contribution in [0.3, 0.4) is 0 Å². The van der Waals surface area contributed by atoms with Gasteiger partial charge in [0.15, 0.2) is 0 Å². The van der Waals surface area contributed by atoms with Gasteiger partial charge in [0.25, 0.3) is 0 Å². The molecule has 0 unspecified atom stereocenters. The van der Waals surface area contributed by atoms with Crippen molar-refractivity contribution in [2.24, 2.45) is 0 Å². The summed E-state index contributed by atoms with van der Waals surface area (Å²) in [5, 5.41) is 0. The lowest BCUT2D eigenvalue weighted by molar-refractivity contribution is -0.00726. The highest BCUT2D eigenvalue weighted by molar-refractivity contribution is 8.01. The van der Waals surface area contributed by atoms with Crippen molar-refractivity contribution < 1.29 is 52.1 Å². The number of ether oxygens (including phenoxy) is 11. The summed E-state index contributed by atoms with van der Waals surface area (Å²) in [5.41, 5.74) is 0. The van der Waals surface area contributed by atoms with Gasteiger partial charge in [0, 0.05) is 0 Å². The molecule has 4 aromatic carbocycles. The molecule has 306 valence electrons. The van der Waals surface area contributed by atoms with Gasteiger partial charge in [-0.1, -0.05) is 71.3 Å². The van der Waals surface area contributed by atoms with Gasteiger partial charge in [-0.25, -0.2) is 0 Å². The Morgan fingerprint density at radius 2 is 0.386 bits per heavy atom. The lowest BCUT2D eigenvalue weighted by Crippen LogP contribution is -2.15. The Bertz CT molecular complexity index is 1620. The Balaban J connectivity index is 1.35. The Kier molecular flexibility index (Phi) is 17.6. The fraction of sp³-hybridized carbons (Fsp3) is 0.429. The monoisotopic (exact) mass is 856 g/mol. The Morgan fingerprint density at radius 3 is 0.561 bits per heavy atom. The molecule has 12 bridgehead atoms. The first-order valence-electron chi connectivity index (χ1n) is 19.1. The summed E-state index contributed by atoms with van der Waals surface area (Å²) in [7, 11) is 0. The van der Waals surface area contributed by atoms with Gasteiger partial charge in [-0.05, 0) is 48.5 Å². The normalized spacial score (nSPS) is 18.8.